The smallest absolute Gasteiger partial charge is 0.176 e. The fourth-order valence-corrected chi connectivity index (χ4v) is 3.31. The number of hydrogen-bond acceptors (Lipinski definition) is 4. The van der Waals surface area contributed by atoms with Crippen LogP contribution in [0.2, 0.25) is 0 Å². The molecule has 0 atom stereocenters. The lowest BCUT2D eigenvalue weighted by Gasteiger charge is -2.09. The number of likely N-dealkylation sites (N-methyl/N-ethyl adjacent to an activating group) is 2. The van der Waals surface area contributed by atoms with Gasteiger partial charge in [-0.15, -0.1) is 0 Å². The van der Waals surface area contributed by atoms with Gasteiger partial charge < -0.3 is 9.80 Å². The topological polar surface area (TPSA) is 40.6 Å². The van der Waals surface area contributed by atoms with Crippen molar-refractivity contribution in [2.45, 2.75) is 32.1 Å². The molecule has 0 saturated heterocycles. The quantitative estimate of drug-likeness (QED) is 0.401. The summed E-state index contributed by atoms with van der Waals surface area (Å²) in [6, 6.07) is 16.1. The van der Waals surface area contributed by atoms with E-state index in [1.54, 1.807) is 0 Å². The Morgan fingerprint density at radius 3 is 1.24 bits per heavy atom. The van der Waals surface area contributed by atoms with Crippen LogP contribution in [-0.2, 0) is 12.8 Å². The summed E-state index contributed by atoms with van der Waals surface area (Å²) < 4.78 is 0. The Kier molecular flexibility index (Phi) is 9.23. The van der Waals surface area contributed by atoms with Gasteiger partial charge in [0.2, 0.25) is 0 Å². The van der Waals surface area contributed by atoms with E-state index in [2.05, 4.69) is 24.3 Å². The molecule has 0 fully saturated rings. The number of hydrogen-bond donors (Lipinski definition) is 0. The molecule has 4 nitrogen and oxygen atoms in total. The highest BCUT2D eigenvalue weighted by molar-refractivity contribution is 5.98. The molecule has 0 bridgehead atoms. The maximum absolute atomic E-state index is 12.0. The summed E-state index contributed by atoms with van der Waals surface area (Å²) in [5.41, 5.74) is 4.15. The average Bonchev–Trinajstić information content (AvgIpc) is 2.67. The highest BCUT2D eigenvalue weighted by atomic mass is 16.1. The average molecular weight is 395 g/mol. The van der Waals surface area contributed by atoms with Crippen LogP contribution in [0.1, 0.15) is 51.1 Å². The molecule has 4 heteroatoms. The molecule has 0 aromatic heterocycles. The second kappa shape index (κ2) is 11.6. The molecule has 0 aliphatic heterocycles. The zero-order valence-electron chi connectivity index (χ0n) is 18.3. The Hall–Kier alpha value is -2.30. The van der Waals surface area contributed by atoms with Crippen molar-refractivity contribution >= 4 is 11.6 Å². The number of nitrogens with zero attached hydrogens (tertiary/aromatic N) is 2. The molecule has 0 radical (unpaired) electrons. The monoisotopic (exact) mass is 394 g/mol. The van der Waals surface area contributed by atoms with Gasteiger partial charge in [-0.2, -0.15) is 0 Å². The molecule has 2 rings (SSSR count). The molecule has 0 N–H and O–H groups in total. The molecule has 0 saturated carbocycles. The lowest BCUT2D eigenvalue weighted by Crippen LogP contribution is -2.21. The summed E-state index contributed by atoms with van der Waals surface area (Å²) in [5, 5.41) is 0. The van der Waals surface area contributed by atoms with Crippen LogP contribution in [-0.4, -0.2) is 62.6 Å². The molecular formula is C25H34N2O2. The highest BCUT2D eigenvalue weighted by Crippen LogP contribution is 2.13. The summed E-state index contributed by atoms with van der Waals surface area (Å²) in [6.07, 6.45) is 5.54. The van der Waals surface area contributed by atoms with Crippen LogP contribution < -0.4 is 0 Å². The van der Waals surface area contributed by atoms with Crippen LogP contribution in [0.4, 0.5) is 0 Å². The van der Waals surface area contributed by atoms with Gasteiger partial charge in [-0.1, -0.05) is 55.0 Å². The summed E-state index contributed by atoms with van der Waals surface area (Å²) in [7, 11) is 7.63. The van der Waals surface area contributed by atoms with Crippen molar-refractivity contribution < 1.29 is 9.59 Å². The molecule has 0 spiro atoms. The molecule has 0 heterocycles. The van der Waals surface area contributed by atoms with Gasteiger partial charge in [0.1, 0.15) is 0 Å². The third-order valence-electron chi connectivity index (χ3n) is 4.90. The van der Waals surface area contributed by atoms with Gasteiger partial charge in [-0.3, -0.25) is 9.59 Å². The third kappa shape index (κ3) is 8.30. The number of carbonyl (C=O) groups is 2. The van der Waals surface area contributed by atoms with Crippen LogP contribution in [0.5, 0.6) is 0 Å². The van der Waals surface area contributed by atoms with E-state index in [9.17, 15) is 9.59 Å². The number of carbonyl (C=O) groups excluding carboxylic acids is 2. The van der Waals surface area contributed by atoms with E-state index in [0.717, 1.165) is 36.8 Å². The Morgan fingerprint density at radius 2 is 0.931 bits per heavy atom. The molecule has 156 valence electrons. The number of unbranched alkanes of at least 4 members (excludes halogenated alkanes) is 2. The number of Topliss-reactive ketones (excluding diaryl/α,β-unsaturated/α-hetero) is 2. The van der Waals surface area contributed by atoms with Crippen molar-refractivity contribution in [1.82, 2.24) is 9.80 Å². The zero-order valence-corrected chi connectivity index (χ0v) is 18.3. The third-order valence-corrected chi connectivity index (χ3v) is 4.90. The van der Waals surface area contributed by atoms with Crippen LogP contribution in [0.25, 0.3) is 0 Å². The van der Waals surface area contributed by atoms with E-state index >= 15 is 0 Å². The lowest BCUT2D eigenvalue weighted by molar-refractivity contribution is 0.0949. The number of rotatable bonds is 12. The molecule has 0 aliphatic rings. The second-order valence-electron chi connectivity index (χ2n) is 8.28. The van der Waals surface area contributed by atoms with Crippen molar-refractivity contribution in [3.05, 3.63) is 70.8 Å². The lowest BCUT2D eigenvalue weighted by atomic mass is 10.0. The fraction of sp³-hybridized carbons (Fsp3) is 0.440. The Labute approximate surface area is 175 Å². The largest absolute Gasteiger partial charge is 0.302 e. The van der Waals surface area contributed by atoms with Crippen molar-refractivity contribution in [3.63, 3.8) is 0 Å². The van der Waals surface area contributed by atoms with Crippen molar-refractivity contribution in [2.75, 3.05) is 41.3 Å². The summed E-state index contributed by atoms with van der Waals surface area (Å²) >= 11 is 0. The first kappa shape index (κ1) is 23.0. The second-order valence-corrected chi connectivity index (χ2v) is 8.28. The zero-order chi connectivity index (χ0) is 21.2. The number of benzene rings is 2. The first-order valence-corrected chi connectivity index (χ1v) is 10.4. The van der Waals surface area contributed by atoms with Crippen molar-refractivity contribution in [1.29, 1.82) is 0 Å². The number of aryl methyl sites for hydroxylation is 2. The first-order valence-electron chi connectivity index (χ1n) is 10.4. The van der Waals surface area contributed by atoms with Gasteiger partial charge in [-0.05, 0) is 65.0 Å². The Bertz CT molecular complexity index is 710. The highest BCUT2D eigenvalue weighted by Gasteiger charge is 2.08. The molecule has 0 aliphatic carbocycles. The van der Waals surface area contributed by atoms with Gasteiger partial charge in [0.15, 0.2) is 11.6 Å². The first-order chi connectivity index (χ1) is 13.8. The maximum atomic E-state index is 12.0. The van der Waals surface area contributed by atoms with Gasteiger partial charge in [0.05, 0.1) is 13.1 Å². The van der Waals surface area contributed by atoms with E-state index in [0.29, 0.717) is 13.1 Å². The standard InChI is InChI=1S/C25H34N2O2/c1-26(2)18-24(28)22-14-10-20(11-15-22)8-6-5-7-9-21-12-16-23(17-13-21)25(29)19-27(3)4/h10-17H,5-9,18-19H2,1-4H3. The van der Waals surface area contributed by atoms with Crippen LogP contribution in [0.15, 0.2) is 48.5 Å². The van der Waals surface area contributed by atoms with Crippen LogP contribution in [0, 0.1) is 0 Å². The van der Waals surface area contributed by atoms with Crippen molar-refractivity contribution in [2.24, 2.45) is 0 Å². The SMILES string of the molecule is CN(C)CC(=O)c1ccc(CCCCCc2ccc(C(=O)CN(C)C)cc2)cc1. The minimum Gasteiger partial charge on any atom is -0.302 e. The molecular weight excluding hydrogens is 360 g/mol. The molecule has 2 aromatic carbocycles. The van der Waals surface area contributed by atoms with E-state index in [-0.39, 0.29) is 11.6 Å². The maximum Gasteiger partial charge on any atom is 0.176 e. The fourth-order valence-electron chi connectivity index (χ4n) is 3.31. The van der Waals surface area contributed by atoms with Crippen molar-refractivity contribution in [3.8, 4) is 0 Å². The van der Waals surface area contributed by atoms with Gasteiger partial charge >= 0.3 is 0 Å². The normalized spacial score (nSPS) is 11.2. The molecule has 0 amide bonds. The predicted octanol–water partition coefficient (Wildman–Crippen LogP) is 4.13. The Balaban J connectivity index is 1.69. The summed E-state index contributed by atoms with van der Waals surface area (Å²) in [6.45, 7) is 0.897. The molecule has 29 heavy (non-hydrogen) atoms. The summed E-state index contributed by atoms with van der Waals surface area (Å²) in [5.74, 6) is 0.326. The Morgan fingerprint density at radius 1 is 0.586 bits per heavy atom. The van der Waals surface area contributed by atoms with Crippen LogP contribution >= 0.6 is 0 Å². The van der Waals surface area contributed by atoms with Gasteiger partial charge in [0.25, 0.3) is 0 Å². The van der Waals surface area contributed by atoms with E-state index < -0.39 is 0 Å². The molecule has 0 unspecified atom stereocenters. The van der Waals surface area contributed by atoms with E-state index in [1.807, 2.05) is 62.3 Å². The predicted molar refractivity (Wildman–Crippen MR) is 120 cm³/mol. The number of ketones is 2. The van der Waals surface area contributed by atoms with Gasteiger partial charge in [-0.25, -0.2) is 0 Å². The van der Waals surface area contributed by atoms with Crippen LogP contribution in [0.3, 0.4) is 0 Å². The van der Waals surface area contributed by atoms with Gasteiger partial charge in [0, 0.05) is 11.1 Å². The van der Waals surface area contributed by atoms with E-state index in [1.165, 1.54) is 17.5 Å². The minimum absolute atomic E-state index is 0.163. The molecule has 2 aromatic rings. The van der Waals surface area contributed by atoms with E-state index in [4.69, 9.17) is 0 Å². The minimum atomic E-state index is 0.163. The summed E-state index contributed by atoms with van der Waals surface area (Å²) in [4.78, 5) is 27.9.